The molecule has 0 bridgehead atoms. The number of aliphatic hydroxyl groups is 1. The van der Waals surface area contributed by atoms with Gasteiger partial charge in [0.05, 0.1) is 17.7 Å². The molecule has 0 amide bonds. The van der Waals surface area contributed by atoms with Gasteiger partial charge in [-0.1, -0.05) is 17.7 Å². The molecule has 1 atom stereocenters. The molecule has 1 aromatic heterocycles. The number of imidazole rings is 1. The van der Waals surface area contributed by atoms with Gasteiger partial charge in [-0.05, 0) is 24.5 Å². The highest BCUT2D eigenvalue weighted by molar-refractivity contribution is 6.29. The second-order valence-corrected chi connectivity index (χ2v) is 6.93. The highest BCUT2D eigenvalue weighted by Crippen LogP contribution is 2.53. The minimum Gasteiger partial charge on any atom is -0.508 e. The summed E-state index contributed by atoms with van der Waals surface area (Å²) in [5.41, 5.74) is -1.03. The van der Waals surface area contributed by atoms with Crippen LogP contribution in [0.1, 0.15) is 18.4 Å². The van der Waals surface area contributed by atoms with Crippen LogP contribution in [0.15, 0.2) is 30.7 Å². The molecule has 22 heavy (non-hydrogen) atoms. The molecule has 3 rings (SSSR count). The second kappa shape index (κ2) is 5.41. The molecule has 0 radical (unpaired) electrons. The summed E-state index contributed by atoms with van der Waals surface area (Å²) in [6.45, 7) is 0.163. The zero-order valence-electron chi connectivity index (χ0n) is 11.6. The Morgan fingerprint density at radius 3 is 2.68 bits per heavy atom. The van der Waals surface area contributed by atoms with Gasteiger partial charge in [-0.25, -0.2) is 9.37 Å². The number of rotatable bonds is 5. The van der Waals surface area contributed by atoms with E-state index in [1.165, 1.54) is 18.5 Å². The van der Waals surface area contributed by atoms with E-state index in [1.807, 2.05) is 0 Å². The Bertz CT molecular complexity index is 703. The summed E-state index contributed by atoms with van der Waals surface area (Å²) in [4.78, 5) is 3.12. The van der Waals surface area contributed by atoms with Gasteiger partial charge in [-0.3, -0.25) is 0 Å². The van der Waals surface area contributed by atoms with E-state index >= 15 is 0 Å². The van der Waals surface area contributed by atoms with Crippen LogP contribution in [0.5, 0.6) is 5.75 Å². The van der Waals surface area contributed by atoms with Gasteiger partial charge in [0.25, 0.3) is 0 Å². The van der Waals surface area contributed by atoms with Gasteiger partial charge >= 0.3 is 0 Å². The maximum Gasteiger partial charge on any atom is 0.146 e. The third-order valence-corrected chi connectivity index (χ3v) is 5.01. The molecule has 4 nitrogen and oxygen atoms in total. The topological polar surface area (TPSA) is 58.3 Å². The number of benzene rings is 1. The summed E-state index contributed by atoms with van der Waals surface area (Å²) in [5.74, 6) is -0.721. The predicted molar refractivity (Wildman–Crippen MR) is 81.8 cm³/mol. The van der Waals surface area contributed by atoms with Crippen molar-refractivity contribution in [2.45, 2.75) is 36.3 Å². The van der Waals surface area contributed by atoms with Crippen molar-refractivity contribution < 1.29 is 14.6 Å². The molecule has 1 saturated carbocycles. The third-order valence-electron chi connectivity index (χ3n) is 4.09. The van der Waals surface area contributed by atoms with Crippen molar-refractivity contribution in [1.82, 2.24) is 9.55 Å². The van der Waals surface area contributed by atoms with E-state index in [0.717, 1.165) is 6.07 Å². The Kier molecular flexibility index (Phi) is 3.83. The highest BCUT2D eigenvalue weighted by Gasteiger charge is 2.58. The van der Waals surface area contributed by atoms with Gasteiger partial charge < -0.3 is 14.8 Å². The zero-order valence-corrected chi connectivity index (χ0v) is 13.1. The van der Waals surface area contributed by atoms with Crippen molar-refractivity contribution in [3.63, 3.8) is 0 Å². The SMILES string of the molecule is Oc1ccc(CC(O)(Cn2cnc(Cl)c2)C2(Cl)CC2)c(F)c1. The molecule has 0 spiro atoms. The number of phenols is 1. The molecule has 1 aromatic carbocycles. The number of halogens is 3. The van der Waals surface area contributed by atoms with Gasteiger partial charge in [-0.2, -0.15) is 0 Å². The van der Waals surface area contributed by atoms with Crippen LogP contribution >= 0.6 is 23.2 Å². The molecule has 1 aliphatic carbocycles. The Morgan fingerprint density at radius 2 is 2.14 bits per heavy atom. The number of aromatic nitrogens is 2. The van der Waals surface area contributed by atoms with Gasteiger partial charge in [0, 0.05) is 18.7 Å². The Morgan fingerprint density at radius 1 is 1.41 bits per heavy atom. The summed E-state index contributed by atoms with van der Waals surface area (Å²) in [6.07, 6.45) is 4.45. The summed E-state index contributed by atoms with van der Waals surface area (Å²) >= 11 is 12.2. The summed E-state index contributed by atoms with van der Waals surface area (Å²) in [6, 6.07) is 3.87. The first kappa shape index (κ1) is 15.6. The molecular formula is C15H15Cl2FN2O2. The fourth-order valence-electron chi connectivity index (χ4n) is 2.65. The first-order valence-corrected chi connectivity index (χ1v) is 7.63. The Hall–Kier alpha value is -1.30. The summed E-state index contributed by atoms with van der Waals surface area (Å²) in [7, 11) is 0. The number of phenolic OH excluding ortho intramolecular Hbond substituents is 1. The fourth-order valence-corrected chi connectivity index (χ4v) is 3.04. The minimum atomic E-state index is -1.34. The van der Waals surface area contributed by atoms with Crippen LogP contribution < -0.4 is 0 Å². The normalized spacial score (nSPS) is 18.9. The lowest BCUT2D eigenvalue weighted by molar-refractivity contribution is 0.0101. The Labute approximate surface area is 137 Å². The van der Waals surface area contributed by atoms with Crippen LogP contribution in [0.3, 0.4) is 0 Å². The van der Waals surface area contributed by atoms with Crippen molar-refractivity contribution in [2.75, 3.05) is 0 Å². The monoisotopic (exact) mass is 344 g/mol. The summed E-state index contributed by atoms with van der Waals surface area (Å²) in [5, 5.41) is 20.7. The van der Waals surface area contributed by atoms with Crippen molar-refractivity contribution in [3.05, 3.63) is 47.3 Å². The van der Waals surface area contributed by atoms with Gasteiger partial charge in [0.1, 0.15) is 22.3 Å². The number of nitrogens with zero attached hydrogens (tertiary/aromatic N) is 2. The molecular weight excluding hydrogens is 330 g/mol. The number of aromatic hydroxyl groups is 1. The zero-order chi connectivity index (χ0) is 16.0. The van der Waals surface area contributed by atoms with Crippen molar-refractivity contribution in [1.29, 1.82) is 0 Å². The lowest BCUT2D eigenvalue weighted by atomic mass is 9.88. The lowest BCUT2D eigenvalue weighted by Gasteiger charge is -2.33. The largest absolute Gasteiger partial charge is 0.508 e. The molecule has 0 saturated heterocycles. The number of hydrogen-bond donors (Lipinski definition) is 2. The van der Waals surface area contributed by atoms with Gasteiger partial charge in [0.2, 0.25) is 0 Å². The molecule has 2 aromatic rings. The quantitative estimate of drug-likeness (QED) is 0.819. The van der Waals surface area contributed by atoms with Crippen LogP contribution in [-0.4, -0.2) is 30.2 Å². The first-order chi connectivity index (χ1) is 10.3. The minimum absolute atomic E-state index is 0.0401. The van der Waals surface area contributed by atoms with E-state index < -0.39 is 16.3 Å². The maximum atomic E-state index is 14.0. The van der Waals surface area contributed by atoms with E-state index in [-0.39, 0.29) is 18.7 Å². The van der Waals surface area contributed by atoms with Crippen molar-refractivity contribution in [3.8, 4) is 5.75 Å². The molecule has 1 heterocycles. The van der Waals surface area contributed by atoms with Crippen LogP contribution in [-0.2, 0) is 13.0 Å². The van der Waals surface area contributed by atoms with E-state index in [4.69, 9.17) is 23.2 Å². The average Bonchev–Trinajstić information content (AvgIpc) is 3.07. The maximum absolute atomic E-state index is 14.0. The van der Waals surface area contributed by atoms with Crippen LogP contribution in [0, 0.1) is 5.82 Å². The fraction of sp³-hybridized carbons (Fsp3) is 0.400. The lowest BCUT2D eigenvalue weighted by Crippen LogP contribution is -2.47. The molecule has 1 aliphatic rings. The molecule has 1 fully saturated rings. The van der Waals surface area contributed by atoms with Gasteiger partial charge in [-0.15, -0.1) is 11.6 Å². The molecule has 0 aliphatic heterocycles. The van der Waals surface area contributed by atoms with E-state index in [1.54, 1.807) is 10.8 Å². The van der Waals surface area contributed by atoms with Crippen LogP contribution in [0.25, 0.3) is 0 Å². The van der Waals surface area contributed by atoms with Crippen molar-refractivity contribution in [2.24, 2.45) is 0 Å². The Balaban J connectivity index is 1.89. The van der Waals surface area contributed by atoms with Crippen LogP contribution in [0.2, 0.25) is 5.15 Å². The van der Waals surface area contributed by atoms with Crippen molar-refractivity contribution >= 4 is 23.2 Å². The van der Waals surface area contributed by atoms with E-state index in [9.17, 15) is 14.6 Å². The smallest absolute Gasteiger partial charge is 0.146 e. The molecule has 118 valence electrons. The third kappa shape index (κ3) is 2.93. The second-order valence-electron chi connectivity index (χ2n) is 5.82. The van der Waals surface area contributed by atoms with E-state index in [2.05, 4.69) is 4.98 Å². The predicted octanol–water partition coefficient (Wildman–Crippen LogP) is 3.13. The standard InChI is InChI=1S/C15H15Cl2FN2O2/c16-13-7-20(9-19-13)8-15(22,14(17)3-4-14)6-10-1-2-11(21)5-12(10)18/h1-2,5,7,9,21-22H,3-4,6,8H2. The molecule has 2 N–H and O–H groups in total. The average molecular weight is 345 g/mol. The number of alkyl halides is 1. The molecule has 7 heteroatoms. The molecule has 1 unspecified atom stereocenters. The van der Waals surface area contributed by atoms with E-state index in [0.29, 0.717) is 23.6 Å². The first-order valence-electron chi connectivity index (χ1n) is 6.87. The summed E-state index contributed by atoms with van der Waals surface area (Å²) < 4.78 is 15.6. The van der Waals surface area contributed by atoms with Crippen LogP contribution in [0.4, 0.5) is 4.39 Å². The van der Waals surface area contributed by atoms with Gasteiger partial charge in [0.15, 0.2) is 0 Å². The number of hydrogen-bond acceptors (Lipinski definition) is 3. The highest BCUT2D eigenvalue weighted by atomic mass is 35.5.